The zero-order valence-corrected chi connectivity index (χ0v) is 14.9. The van der Waals surface area contributed by atoms with Crippen molar-refractivity contribution in [2.75, 3.05) is 0 Å². The lowest BCUT2D eigenvalue weighted by molar-refractivity contribution is -0.127. The average molecular weight is 333 g/mol. The number of amides is 1. The Bertz CT molecular complexity index is 896. The molecule has 1 amide bonds. The third-order valence-electron chi connectivity index (χ3n) is 4.34. The topological polar surface area (TPSA) is 38.3 Å². The monoisotopic (exact) mass is 333 g/mol. The molecule has 0 saturated heterocycles. The van der Waals surface area contributed by atoms with E-state index >= 15 is 0 Å². The van der Waals surface area contributed by atoms with E-state index in [1.54, 1.807) is 6.92 Å². The maximum absolute atomic E-state index is 12.4. The molecule has 25 heavy (non-hydrogen) atoms. The molecule has 0 aliphatic rings. The summed E-state index contributed by atoms with van der Waals surface area (Å²) in [5, 5.41) is 5.31. The molecule has 0 heterocycles. The summed E-state index contributed by atoms with van der Waals surface area (Å²) < 4.78 is 5.83. The zero-order valence-electron chi connectivity index (χ0n) is 14.9. The fourth-order valence-electron chi connectivity index (χ4n) is 2.95. The van der Waals surface area contributed by atoms with Crippen LogP contribution in [0.25, 0.3) is 10.8 Å². The normalized spacial score (nSPS) is 12.0. The Hall–Kier alpha value is -2.81. The number of aryl methyl sites for hydroxylation is 2. The van der Waals surface area contributed by atoms with Crippen LogP contribution < -0.4 is 10.1 Å². The van der Waals surface area contributed by atoms with Crippen molar-refractivity contribution in [1.29, 1.82) is 0 Å². The first-order chi connectivity index (χ1) is 12.0. The van der Waals surface area contributed by atoms with Crippen LogP contribution in [0.3, 0.4) is 0 Å². The van der Waals surface area contributed by atoms with E-state index in [0.29, 0.717) is 6.54 Å². The highest BCUT2D eigenvalue weighted by atomic mass is 16.5. The van der Waals surface area contributed by atoms with Crippen LogP contribution in [0.5, 0.6) is 5.75 Å². The van der Waals surface area contributed by atoms with Gasteiger partial charge in [-0.15, -0.1) is 0 Å². The Balaban J connectivity index is 1.65. The van der Waals surface area contributed by atoms with Gasteiger partial charge in [-0.1, -0.05) is 60.2 Å². The molecule has 1 atom stereocenters. The van der Waals surface area contributed by atoms with Gasteiger partial charge in [0.15, 0.2) is 6.10 Å². The van der Waals surface area contributed by atoms with Gasteiger partial charge < -0.3 is 10.1 Å². The summed E-state index contributed by atoms with van der Waals surface area (Å²) in [4.78, 5) is 12.4. The minimum Gasteiger partial charge on any atom is -0.481 e. The molecule has 0 bridgehead atoms. The van der Waals surface area contributed by atoms with Gasteiger partial charge in [0.05, 0.1) is 0 Å². The average Bonchev–Trinajstić information content (AvgIpc) is 2.61. The van der Waals surface area contributed by atoms with Crippen LogP contribution in [-0.2, 0) is 11.3 Å². The highest BCUT2D eigenvalue weighted by Crippen LogP contribution is 2.21. The standard InChI is InChI=1S/C22H23NO2/c1-15-11-12-21(16(2)13-15)25-17(3)22(24)23-14-19-9-6-8-18-7-4-5-10-20(18)19/h4-13,17H,14H2,1-3H3,(H,23,24)/t17-/m0/s1. The molecule has 0 radical (unpaired) electrons. The molecule has 0 aliphatic heterocycles. The number of rotatable bonds is 5. The van der Waals surface area contributed by atoms with Crippen LogP contribution in [0.4, 0.5) is 0 Å². The van der Waals surface area contributed by atoms with E-state index in [1.165, 1.54) is 10.9 Å². The molecular formula is C22H23NO2. The number of carbonyl (C=O) groups excluding carboxylic acids is 1. The maximum Gasteiger partial charge on any atom is 0.261 e. The van der Waals surface area contributed by atoms with Crippen LogP contribution in [0.1, 0.15) is 23.6 Å². The minimum absolute atomic E-state index is 0.118. The van der Waals surface area contributed by atoms with E-state index in [1.807, 2.05) is 50.2 Å². The molecule has 0 saturated carbocycles. The molecule has 0 unspecified atom stereocenters. The molecule has 0 spiro atoms. The van der Waals surface area contributed by atoms with E-state index < -0.39 is 6.10 Å². The van der Waals surface area contributed by atoms with E-state index in [-0.39, 0.29) is 5.91 Å². The first-order valence-corrected chi connectivity index (χ1v) is 8.53. The van der Waals surface area contributed by atoms with Crippen LogP contribution >= 0.6 is 0 Å². The van der Waals surface area contributed by atoms with E-state index in [2.05, 4.69) is 29.6 Å². The third kappa shape index (κ3) is 4.00. The molecule has 0 aliphatic carbocycles. The van der Waals surface area contributed by atoms with Gasteiger partial charge in [-0.3, -0.25) is 4.79 Å². The van der Waals surface area contributed by atoms with Crippen LogP contribution in [0.15, 0.2) is 60.7 Å². The first-order valence-electron chi connectivity index (χ1n) is 8.53. The fraction of sp³-hybridized carbons (Fsp3) is 0.227. The Morgan fingerprint density at radius 2 is 1.80 bits per heavy atom. The number of nitrogens with one attached hydrogen (secondary N) is 1. The zero-order chi connectivity index (χ0) is 17.8. The van der Waals surface area contributed by atoms with Crippen LogP contribution in [0, 0.1) is 13.8 Å². The second-order valence-corrected chi connectivity index (χ2v) is 6.39. The lowest BCUT2D eigenvalue weighted by Gasteiger charge is -2.17. The van der Waals surface area contributed by atoms with Crippen LogP contribution in [-0.4, -0.2) is 12.0 Å². The summed E-state index contributed by atoms with van der Waals surface area (Å²) in [6.07, 6.45) is -0.545. The van der Waals surface area contributed by atoms with Gasteiger partial charge in [0.1, 0.15) is 5.75 Å². The second-order valence-electron chi connectivity index (χ2n) is 6.39. The predicted molar refractivity (Wildman–Crippen MR) is 102 cm³/mol. The Morgan fingerprint density at radius 3 is 2.60 bits per heavy atom. The molecule has 3 nitrogen and oxygen atoms in total. The van der Waals surface area contributed by atoms with Crippen LogP contribution in [0.2, 0.25) is 0 Å². The summed E-state index contributed by atoms with van der Waals surface area (Å²) in [6.45, 7) is 6.29. The van der Waals surface area contributed by atoms with Gasteiger partial charge in [0.2, 0.25) is 0 Å². The van der Waals surface area contributed by atoms with Gasteiger partial charge in [0, 0.05) is 6.54 Å². The summed E-state index contributed by atoms with van der Waals surface area (Å²) in [6, 6.07) is 20.3. The molecule has 3 rings (SSSR count). The number of carbonyl (C=O) groups is 1. The first kappa shape index (κ1) is 17.0. The number of fused-ring (bicyclic) bond motifs is 1. The molecule has 1 N–H and O–H groups in total. The highest BCUT2D eigenvalue weighted by molar-refractivity contribution is 5.86. The number of ether oxygens (including phenoxy) is 1. The van der Waals surface area contributed by atoms with Crippen molar-refractivity contribution in [3.8, 4) is 5.75 Å². The molecule has 3 aromatic rings. The number of benzene rings is 3. The minimum atomic E-state index is -0.545. The second kappa shape index (κ2) is 7.39. The molecule has 128 valence electrons. The van der Waals surface area contributed by atoms with E-state index in [9.17, 15) is 4.79 Å². The molecule has 3 aromatic carbocycles. The Morgan fingerprint density at radius 1 is 1.04 bits per heavy atom. The van der Waals surface area contributed by atoms with Crippen molar-refractivity contribution in [1.82, 2.24) is 5.32 Å². The van der Waals surface area contributed by atoms with Gasteiger partial charge in [0.25, 0.3) is 5.91 Å². The van der Waals surface area contributed by atoms with E-state index in [4.69, 9.17) is 4.74 Å². The number of hydrogen-bond donors (Lipinski definition) is 1. The Labute approximate surface area is 148 Å². The van der Waals surface area contributed by atoms with Gasteiger partial charge >= 0.3 is 0 Å². The SMILES string of the molecule is Cc1ccc(O[C@@H](C)C(=O)NCc2cccc3ccccc23)c(C)c1. The summed E-state index contributed by atoms with van der Waals surface area (Å²) in [7, 11) is 0. The molecule has 0 fully saturated rings. The van der Waals surface area contributed by atoms with Crippen molar-refractivity contribution in [3.63, 3.8) is 0 Å². The van der Waals surface area contributed by atoms with Gasteiger partial charge in [-0.05, 0) is 48.7 Å². The third-order valence-corrected chi connectivity index (χ3v) is 4.34. The summed E-state index contributed by atoms with van der Waals surface area (Å²) in [5.74, 6) is 0.631. The summed E-state index contributed by atoms with van der Waals surface area (Å²) in [5.41, 5.74) is 3.32. The lowest BCUT2D eigenvalue weighted by Crippen LogP contribution is -2.36. The largest absolute Gasteiger partial charge is 0.481 e. The van der Waals surface area contributed by atoms with Crippen molar-refractivity contribution in [2.45, 2.75) is 33.4 Å². The van der Waals surface area contributed by atoms with Gasteiger partial charge in [-0.2, -0.15) is 0 Å². The molecule has 3 heteroatoms. The van der Waals surface area contributed by atoms with Crippen molar-refractivity contribution in [3.05, 3.63) is 77.4 Å². The maximum atomic E-state index is 12.4. The van der Waals surface area contributed by atoms with Crippen molar-refractivity contribution < 1.29 is 9.53 Å². The smallest absolute Gasteiger partial charge is 0.261 e. The lowest BCUT2D eigenvalue weighted by atomic mass is 10.0. The fourth-order valence-corrected chi connectivity index (χ4v) is 2.95. The van der Waals surface area contributed by atoms with Crippen molar-refractivity contribution in [2.24, 2.45) is 0 Å². The van der Waals surface area contributed by atoms with Crippen molar-refractivity contribution >= 4 is 16.7 Å². The number of hydrogen-bond acceptors (Lipinski definition) is 2. The molecular weight excluding hydrogens is 310 g/mol. The Kier molecular flexibility index (Phi) is 5.03. The predicted octanol–water partition coefficient (Wildman–Crippen LogP) is 4.54. The van der Waals surface area contributed by atoms with E-state index in [0.717, 1.165) is 22.3 Å². The van der Waals surface area contributed by atoms with Gasteiger partial charge in [-0.25, -0.2) is 0 Å². The quantitative estimate of drug-likeness (QED) is 0.744. The molecule has 0 aromatic heterocycles. The summed E-state index contributed by atoms with van der Waals surface area (Å²) >= 11 is 0. The highest BCUT2D eigenvalue weighted by Gasteiger charge is 2.15.